The maximum Gasteiger partial charge on any atom is 0.220 e. The van der Waals surface area contributed by atoms with E-state index in [1.54, 1.807) is 6.08 Å². The molecule has 0 aliphatic carbocycles. The molecule has 530 valence electrons. The summed E-state index contributed by atoms with van der Waals surface area (Å²) in [6.07, 6.45) is 44.6. The highest BCUT2D eigenvalue weighted by molar-refractivity contribution is 5.76. The summed E-state index contributed by atoms with van der Waals surface area (Å²) in [5.41, 5.74) is 0. The van der Waals surface area contributed by atoms with Crippen molar-refractivity contribution in [3.05, 3.63) is 97.2 Å². The predicted molar refractivity (Wildman–Crippen MR) is 360 cm³/mol. The molecule has 0 bridgehead atoms. The van der Waals surface area contributed by atoms with Crippen molar-refractivity contribution in [2.45, 2.75) is 330 Å². The predicted octanol–water partition coefficient (Wildman–Crippen LogP) is 9.66. The van der Waals surface area contributed by atoms with Crippen LogP contribution in [-0.4, -0.2) is 193 Å². The molecule has 92 heavy (non-hydrogen) atoms. The number of ether oxygens (including phenoxy) is 6. The summed E-state index contributed by atoms with van der Waals surface area (Å²) in [5.74, 6) is -0.290. The summed E-state index contributed by atoms with van der Waals surface area (Å²) in [6.45, 7) is 1.49. The molecule has 19 nitrogen and oxygen atoms in total. The lowest BCUT2D eigenvalue weighted by Crippen LogP contribution is -2.66. The summed E-state index contributed by atoms with van der Waals surface area (Å²) < 4.78 is 34.2. The lowest BCUT2D eigenvalue weighted by atomic mass is 9.96. The van der Waals surface area contributed by atoms with E-state index in [-0.39, 0.29) is 18.9 Å². The molecule has 0 aromatic rings. The molecule has 0 spiro atoms. The van der Waals surface area contributed by atoms with Gasteiger partial charge in [-0.05, 0) is 77.0 Å². The fourth-order valence-corrected chi connectivity index (χ4v) is 11.4. The van der Waals surface area contributed by atoms with Crippen LogP contribution < -0.4 is 5.32 Å². The Hall–Kier alpha value is -3.29. The van der Waals surface area contributed by atoms with Crippen molar-refractivity contribution >= 4 is 5.91 Å². The summed E-state index contributed by atoms with van der Waals surface area (Å²) in [7, 11) is 0. The smallest absolute Gasteiger partial charge is 0.220 e. The van der Waals surface area contributed by atoms with Crippen molar-refractivity contribution in [2.24, 2.45) is 0 Å². The van der Waals surface area contributed by atoms with Crippen LogP contribution in [0.15, 0.2) is 97.2 Å². The molecule has 0 saturated carbocycles. The number of aliphatic hydroxyl groups excluding tert-OH is 11. The summed E-state index contributed by atoms with van der Waals surface area (Å²) in [4.78, 5) is 13.3. The van der Waals surface area contributed by atoms with Crippen LogP contribution in [0.4, 0.5) is 0 Å². The first-order valence-corrected chi connectivity index (χ1v) is 35.5. The van der Waals surface area contributed by atoms with Crippen LogP contribution in [0.25, 0.3) is 0 Å². The van der Waals surface area contributed by atoms with Crippen molar-refractivity contribution in [1.29, 1.82) is 0 Å². The zero-order valence-electron chi connectivity index (χ0n) is 56.0. The van der Waals surface area contributed by atoms with Crippen molar-refractivity contribution in [1.82, 2.24) is 5.32 Å². The summed E-state index contributed by atoms with van der Waals surface area (Å²) >= 11 is 0. The molecule has 3 rings (SSSR count). The van der Waals surface area contributed by atoms with Gasteiger partial charge in [-0.1, -0.05) is 239 Å². The van der Waals surface area contributed by atoms with Crippen LogP contribution in [0, 0.1) is 0 Å². The molecule has 17 atom stereocenters. The van der Waals surface area contributed by atoms with Crippen LogP contribution in [-0.2, 0) is 33.2 Å². The first-order chi connectivity index (χ1) is 44.8. The van der Waals surface area contributed by atoms with Crippen molar-refractivity contribution < 1.29 is 89.4 Å². The van der Waals surface area contributed by atoms with Crippen molar-refractivity contribution in [3.8, 4) is 0 Å². The highest BCUT2D eigenvalue weighted by Gasteiger charge is 2.53. The zero-order valence-corrected chi connectivity index (χ0v) is 56.0. The van der Waals surface area contributed by atoms with Gasteiger partial charge in [-0.2, -0.15) is 0 Å². The second-order valence-electron chi connectivity index (χ2n) is 25.0. The van der Waals surface area contributed by atoms with Crippen molar-refractivity contribution in [3.63, 3.8) is 0 Å². The van der Waals surface area contributed by atoms with E-state index < -0.39 is 124 Å². The Morgan fingerprint density at radius 1 is 0.402 bits per heavy atom. The number of carbonyl (C=O) groups is 1. The van der Waals surface area contributed by atoms with Gasteiger partial charge in [0.05, 0.1) is 38.6 Å². The van der Waals surface area contributed by atoms with Gasteiger partial charge in [0, 0.05) is 6.42 Å². The monoisotopic (exact) mass is 1300 g/mol. The molecule has 17 unspecified atom stereocenters. The Labute approximate surface area is 552 Å². The Morgan fingerprint density at radius 2 is 0.761 bits per heavy atom. The van der Waals surface area contributed by atoms with Gasteiger partial charge in [-0.25, -0.2) is 0 Å². The standard InChI is InChI=1S/C73H125NO18/c1-3-5-7-9-11-13-14-15-16-17-18-19-20-21-22-23-24-25-26-27-28-29-30-31-32-33-34-35-36-37-38-39-40-41-42-43-45-47-49-51-61(79)74-56(57(78)50-48-46-44-12-10-8-6-4-2)55-87-71-67(85)64(82)69(59(53-76)89-71)92-73-68(86)65(83)70(60(54-77)90-73)91-72-66(84)63(81)62(80)58(52-75)88-72/h5,7,10-13,15-16,18-19,21-22,24-25,48,50,56-60,62-73,75-78,80-86H,3-4,6,8-9,14,17,20,23,26-47,49,51-55H2,1-2H3,(H,74,79)/b7-5-,12-10+,13-11-,16-15-,19-18-,22-21-,25-24-,50-48+. The summed E-state index contributed by atoms with van der Waals surface area (Å²) in [6, 6.07) is -0.990. The van der Waals surface area contributed by atoms with Gasteiger partial charge in [0.15, 0.2) is 18.9 Å². The zero-order chi connectivity index (χ0) is 66.8. The number of allylic oxidation sites excluding steroid dienone is 15. The minimum Gasteiger partial charge on any atom is -0.394 e. The largest absolute Gasteiger partial charge is 0.394 e. The van der Waals surface area contributed by atoms with E-state index in [0.29, 0.717) is 12.8 Å². The molecule has 12 N–H and O–H groups in total. The van der Waals surface area contributed by atoms with Crippen molar-refractivity contribution in [2.75, 3.05) is 26.4 Å². The molecule has 0 aromatic carbocycles. The van der Waals surface area contributed by atoms with Crippen LogP contribution in [0.1, 0.15) is 226 Å². The average molecular weight is 1300 g/mol. The number of aliphatic hydroxyl groups is 11. The van der Waals surface area contributed by atoms with Gasteiger partial charge in [0.25, 0.3) is 0 Å². The second-order valence-corrected chi connectivity index (χ2v) is 25.0. The van der Waals surface area contributed by atoms with E-state index in [1.807, 2.05) is 6.08 Å². The van der Waals surface area contributed by atoms with Gasteiger partial charge in [-0.3, -0.25) is 4.79 Å². The molecule has 19 heteroatoms. The number of carbonyl (C=O) groups excluding carboxylic acids is 1. The molecule has 1 amide bonds. The number of rotatable bonds is 53. The van der Waals surface area contributed by atoms with E-state index in [2.05, 4.69) is 104 Å². The Bertz CT molecular complexity index is 2040. The molecule has 3 saturated heterocycles. The Morgan fingerprint density at radius 3 is 1.22 bits per heavy atom. The summed E-state index contributed by atoms with van der Waals surface area (Å²) in [5, 5.41) is 120. The number of unbranched alkanes of at least 4 members (excludes halogenated alkanes) is 23. The third-order valence-electron chi connectivity index (χ3n) is 17.1. The Kier molecular flexibility index (Phi) is 48.5. The first kappa shape index (κ1) is 82.9. The van der Waals surface area contributed by atoms with E-state index in [4.69, 9.17) is 28.4 Å². The van der Waals surface area contributed by atoms with Gasteiger partial charge >= 0.3 is 0 Å². The quantitative estimate of drug-likeness (QED) is 0.0199. The molecule has 0 aromatic heterocycles. The molecule has 3 fully saturated rings. The number of hydrogen-bond acceptors (Lipinski definition) is 18. The van der Waals surface area contributed by atoms with Crippen LogP contribution in [0.3, 0.4) is 0 Å². The normalized spacial score (nSPS) is 28.3. The van der Waals surface area contributed by atoms with E-state index in [0.717, 1.165) is 83.5 Å². The van der Waals surface area contributed by atoms with Gasteiger partial charge < -0.3 is 89.9 Å². The van der Waals surface area contributed by atoms with Crippen LogP contribution in [0.5, 0.6) is 0 Å². The topological polar surface area (TPSA) is 307 Å². The van der Waals surface area contributed by atoms with E-state index in [1.165, 1.54) is 109 Å². The fraction of sp³-hybridized carbons (Fsp3) is 0.767. The maximum absolute atomic E-state index is 13.3. The first-order valence-electron chi connectivity index (χ1n) is 35.5. The average Bonchev–Trinajstić information content (AvgIpc) is 0.830. The minimum atomic E-state index is -1.98. The second kappa shape index (κ2) is 53.8. The molecule has 3 aliphatic heterocycles. The molecular formula is C73H125NO18. The molecule has 3 heterocycles. The van der Waals surface area contributed by atoms with Gasteiger partial charge in [-0.15, -0.1) is 0 Å². The lowest BCUT2D eigenvalue weighted by molar-refractivity contribution is -0.379. The van der Waals surface area contributed by atoms with E-state index in [9.17, 15) is 61.0 Å². The van der Waals surface area contributed by atoms with Crippen LogP contribution >= 0.6 is 0 Å². The van der Waals surface area contributed by atoms with Gasteiger partial charge in [0.1, 0.15) is 73.2 Å². The SMILES string of the molecule is CC/C=C\C/C=C\C/C=C\C/C=C\C/C=C\C/C=C\CCCCCCCCCCCCCCCCCCCCCCC(=O)NC(COC1OC(CO)C(OC2OC(CO)C(OC3OC(CO)C(O)C(O)C3O)C(O)C2O)C(O)C1O)C(O)/C=C/CC/C=C/CCCC. The Balaban J connectivity index is 1.26. The molecule has 3 aliphatic rings. The fourth-order valence-electron chi connectivity index (χ4n) is 11.4. The number of hydrogen-bond donors (Lipinski definition) is 12. The lowest BCUT2D eigenvalue weighted by Gasteiger charge is -2.48. The number of amides is 1. The third kappa shape index (κ3) is 35.1. The molecular weight excluding hydrogens is 1180 g/mol. The third-order valence-corrected chi connectivity index (χ3v) is 17.1. The maximum atomic E-state index is 13.3. The number of nitrogens with one attached hydrogen (secondary N) is 1. The highest BCUT2D eigenvalue weighted by atomic mass is 16.8. The van der Waals surface area contributed by atoms with E-state index >= 15 is 0 Å². The minimum absolute atomic E-state index is 0.233. The van der Waals surface area contributed by atoms with Gasteiger partial charge in [0.2, 0.25) is 5.91 Å². The molecule has 0 radical (unpaired) electrons. The van der Waals surface area contributed by atoms with Crippen LogP contribution in [0.2, 0.25) is 0 Å². The highest BCUT2D eigenvalue weighted by Crippen LogP contribution is 2.33.